The molecule has 15 heteroatoms. The predicted molar refractivity (Wildman–Crippen MR) is 252 cm³/mol. The van der Waals surface area contributed by atoms with E-state index in [9.17, 15) is 40.2 Å². The zero-order valence-corrected chi connectivity index (χ0v) is 39.1. The fraction of sp³-hybridized carbons (Fsp3) is 0.558. The van der Waals surface area contributed by atoms with Crippen LogP contribution in [0.1, 0.15) is 102 Å². The molecule has 2 aromatic rings. The molecule has 3 aliphatic heterocycles. The summed E-state index contributed by atoms with van der Waals surface area (Å²) < 4.78 is 12.6. The Kier molecular flexibility index (Phi) is 11.5. The molecule has 3 heterocycles. The molecular formula is C52H60N2O11S2. The van der Waals surface area contributed by atoms with Crippen molar-refractivity contribution >= 4 is 39.4 Å². The molecule has 4 spiro atoms. The van der Waals surface area contributed by atoms with E-state index in [1.165, 1.54) is 39.5 Å². The van der Waals surface area contributed by atoms with Gasteiger partial charge in [-0.15, -0.1) is 0 Å². The summed E-state index contributed by atoms with van der Waals surface area (Å²) in [6.07, 6.45) is 9.35. The lowest BCUT2D eigenvalue weighted by Gasteiger charge is -2.54. The maximum absolute atomic E-state index is 15.4. The first-order valence-corrected chi connectivity index (χ1v) is 26.5. The summed E-state index contributed by atoms with van der Waals surface area (Å²) in [6, 6.07) is 12.0. The van der Waals surface area contributed by atoms with Gasteiger partial charge in [0.25, 0.3) is 0 Å². The average Bonchev–Trinajstić information content (AvgIpc) is 4.01. The molecule has 11 atom stereocenters. The summed E-state index contributed by atoms with van der Waals surface area (Å²) in [6.45, 7) is -0.317. The van der Waals surface area contributed by atoms with Crippen LogP contribution in [-0.2, 0) is 22.6 Å². The fourth-order valence-electron chi connectivity index (χ4n) is 14.8. The van der Waals surface area contributed by atoms with E-state index in [0.29, 0.717) is 30.8 Å². The number of aliphatic hydroxyl groups excluding tert-OH is 5. The van der Waals surface area contributed by atoms with Gasteiger partial charge in [-0.1, -0.05) is 76.9 Å². The summed E-state index contributed by atoms with van der Waals surface area (Å²) in [5, 5.41) is 77.8. The van der Waals surface area contributed by atoms with Crippen LogP contribution in [0.4, 0.5) is 0 Å². The Morgan fingerprint density at radius 3 is 2.52 bits per heavy atom. The molecule has 9 aliphatic rings. The molecule has 4 fully saturated rings. The number of allylic oxidation sites excluding steroid dienone is 6. The van der Waals surface area contributed by atoms with Crippen LogP contribution in [0, 0.1) is 39.4 Å². The van der Waals surface area contributed by atoms with E-state index in [0.717, 1.165) is 80.3 Å². The van der Waals surface area contributed by atoms with Crippen LogP contribution in [0.15, 0.2) is 89.0 Å². The summed E-state index contributed by atoms with van der Waals surface area (Å²) >= 11 is 0. The Labute approximate surface area is 397 Å². The largest absolute Gasteiger partial charge is 0.511 e. The highest BCUT2D eigenvalue weighted by atomic mass is 33.1. The fourth-order valence-corrected chi connectivity index (χ4v) is 17.0. The molecule has 6 bridgehead atoms. The minimum atomic E-state index is -2.32. The third kappa shape index (κ3) is 7.06. The lowest BCUT2D eigenvalue weighted by atomic mass is 9.57. The predicted octanol–water partition coefficient (Wildman–Crippen LogP) is 5.75. The Balaban J connectivity index is 1.01. The van der Waals surface area contributed by atoms with Crippen LogP contribution < -0.4 is 15.4 Å². The molecule has 3 saturated carbocycles. The molecule has 8 N–H and O–H groups in total. The van der Waals surface area contributed by atoms with Crippen molar-refractivity contribution in [2.75, 3.05) is 24.8 Å². The van der Waals surface area contributed by atoms with Gasteiger partial charge in [0.1, 0.15) is 47.1 Å². The summed E-state index contributed by atoms with van der Waals surface area (Å²) in [4.78, 5) is 43.5. The standard InChI is InChI=1S/C52H60N2O11S2/c55-21-30-6-3-5-29(13-30)14-31-15-37-43(59)35-7-4-8-38-42(35)45(61)51(37,40(58)16-31)27-66-67-28-54-41-17-36-32(20-53-41)9-10-33-19-49(24-48(11-1-2-12-48)18-34(49)22-56)25-50(33,36)26-52(63)44(60)39(23-57)65-47(64-38)46(52)62/h3-8,13,15-17,22,33-34,37,39,44,46-47,53-55,57-58,60,62-63H,1-2,9-12,14,18-21,23-28H2. The molecule has 0 amide bonds. The number of ether oxygens (including phenoxy) is 2. The van der Waals surface area contributed by atoms with Gasteiger partial charge in [0, 0.05) is 29.2 Å². The molecule has 0 radical (unpaired) electrons. The van der Waals surface area contributed by atoms with Crippen molar-refractivity contribution in [3.63, 3.8) is 0 Å². The topological polar surface area (TPSA) is 215 Å². The molecule has 1 saturated heterocycles. The number of ketones is 2. The summed E-state index contributed by atoms with van der Waals surface area (Å²) in [5.74, 6) is -1.40. The Morgan fingerprint density at radius 1 is 0.925 bits per heavy atom. The van der Waals surface area contributed by atoms with Gasteiger partial charge in [0.15, 0.2) is 11.6 Å². The van der Waals surface area contributed by atoms with Crippen molar-refractivity contribution in [3.8, 4) is 5.75 Å². The Morgan fingerprint density at radius 2 is 1.73 bits per heavy atom. The molecule has 13 nitrogen and oxygen atoms in total. The SMILES string of the molecule is O=CC1CC2(CCCC2)CC12CC1CCC3=C4C=C(NCSSCC56C(=O)c7c(cccc7C(=O)C5C=C(Cc5cccc(CO)c5)C=C6O)OC5OC(CO)C(O)C(O)(CC41C2)C5O)NC3. The number of dihydropyridines is 1. The third-order valence-electron chi connectivity index (χ3n) is 17.7. The van der Waals surface area contributed by atoms with E-state index < -0.39 is 65.1 Å². The third-order valence-corrected chi connectivity index (χ3v) is 19.9. The van der Waals surface area contributed by atoms with E-state index >= 15 is 4.79 Å². The number of rotatable bonds is 5. The first-order valence-electron chi connectivity index (χ1n) is 24.0. The van der Waals surface area contributed by atoms with Gasteiger partial charge in [0.2, 0.25) is 6.29 Å². The molecule has 11 unspecified atom stereocenters. The van der Waals surface area contributed by atoms with E-state index in [2.05, 4.69) is 16.7 Å². The molecule has 2 aromatic carbocycles. The van der Waals surface area contributed by atoms with Gasteiger partial charge in [-0.2, -0.15) is 0 Å². The zero-order valence-electron chi connectivity index (χ0n) is 37.5. The van der Waals surface area contributed by atoms with E-state index in [1.54, 1.807) is 24.3 Å². The highest BCUT2D eigenvalue weighted by molar-refractivity contribution is 8.76. The highest BCUT2D eigenvalue weighted by Crippen LogP contribution is 2.74. The number of carbonyl (C=O) groups excluding carboxylic acids is 3. The highest BCUT2D eigenvalue weighted by Gasteiger charge is 2.69. The number of hydrogen-bond acceptors (Lipinski definition) is 15. The number of aldehydes is 1. The molecule has 11 rings (SSSR count). The maximum Gasteiger partial charge on any atom is 0.229 e. The Hall–Kier alpha value is -3.93. The van der Waals surface area contributed by atoms with Gasteiger partial charge in [0.05, 0.1) is 36.4 Å². The van der Waals surface area contributed by atoms with Gasteiger partial charge >= 0.3 is 0 Å². The normalized spacial score (nSPS) is 38.6. The number of aliphatic hydroxyl groups is 6. The number of Topliss-reactive ketones (excluding diaryl/α,β-unsaturated/α-hetero) is 2. The van der Waals surface area contributed by atoms with Crippen molar-refractivity contribution < 1.29 is 54.5 Å². The van der Waals surface area contributed by atoms with Crippen molar-refractivity contribution in [3.05, 3.63) is 111 Å². The van der Waals surface area contributed by atoms with E-state index in [-0.39, 0.29) is 64.1 Å². The summed E-state index contributed by atoms with van der Waals surface area (Å²) in [7, 11) is 2.82. The second-order valence-corrected chi connectivity index (χ2v) is 23.7. The van der Waals surface area contributed by atoms with Gasteiger partial charge in [-0.25, -0.2) is 0 Å². The number of fused-ring (bicyclic) bond motifs is 2. The number of benzene rings is 2. The average molecular weight is 953 g/mol. The molecular weight excluding hydrogens is 893 g/mol. The van der Waals surface area contributed by atoms with Crippen LogP contribution in [-0.4, -0.2) is 103 Å². The molecule has 0 aromatic heterocycles. The first kappa shape index (κ1) is 45.5. The van der Waals surface area contributed by atoms with Crippen molar-refractivity contribution in [1.82, 2.24) is 10.6 Å². The smallest absolute Gasteiger partial charge is 0.229 e. The van der Waals surface area contributed by atoms with E-state index in [4.69, 9.17) is 9.47 Å². The lowest BCUT2D eigenvalue weighted by Crippen LogP contribution is -2.69. The zero-order chi connectivity index (χ0) is 46.5. The van der Waals surface area contributed by atoms with Crippen molar-refractivity contribution in [2.45, 2.75) is 114 Å². The van der Waals surface area contributed by atoms with Gasteiger partial charge in [-0.3, -0.25) is 9.59 Å². The number of hydrogen-bond donors (Lipinski definition) is 8. The minimum Gasteiger partial charge on any atom is -0.511 e. The maximum atomic E-state index is 15.4. The lowest BCUT2D eigenvalue weighted by molar-refractivity contribution is -0.320. The minimum absolute atomic E-state index is 0.0139. The molecule has 67 heavy (non-hydrogen) atoms. The molecule has 356 valence electrons. The second kappa shape index (κ2) is 16.9. The molecule has 6 aliphatic carbocycles. The number of nitrogens with one attached hydrogen (secondary N) is 2. The van der Waals surface area contributed by atoms with Crippen LogP contribution in [0.5, 0.6) is 5.75 Å². The van der Waals surface area contributed by atoms with Crippen LogP contribution >= 0.6 is 21.6 Å². The van der Waals surface area contributed by atoms with Crippen molar-refractivity contribution in [2.24, 2.45) is 39.4 Å². The van der Waals surface area contributed by atoms with Crippen LogP contribution in [0.2, 0.25) is 0 Å². The van der Waals surface area contributed by atoms with Gasteiger partial charge < -0.3 is 55.5 Å². The first-order chi connectivity index (χ1) is 32.3. The van der Waals surface area contributed by atoms with Crippen molar-refractivity contribution in [1.29, 1.82) is 0 Å². The quantitative estimate of drug-likeness (QED) is 0.132. The monoisotopic (exact) mass is 952 g/mol. The van der Waals surface area contributed by atoms with Gasteiger partial charge in [-0.05, 0) is 127 Å². The van der Waals surface area contributed by atoms with Crippen LogP contribution in [0.25, 0.3) is 0 Å². The van der Waals surface area contributed by atoms with E-state index in [1.807, 2.05) is 24.3 Å². The summed E-state index contributed by atoms with van der Waals surface area (Å²) in [5.41, 5.74) is -0.644. The number of carbonyl (C=O) groups is 3. The second-order valence-electron chi connectivity index (χ2n) is 21.2. The Bertz CT molecular complexity index is 2520. The van der Waals surface area contributed by atoms with Crippen LogP contribution in [0.3, 0.4) is 0 Å².